The molecule has 0 aliphatic carbocycles. The summed E-state index contributed by atoms with van der Waals surface area (Å²) in [5, 5.41) is 0. The van der Waals surface area contributed by atoms with Gasteiger partial charge in [-0.05, 0) is 60.9 Å². The molecular formula is C42H53N7O5S. The number of fused-ring (bicyclic) bond motifs is 5. The first-order chi connectivity index (χ1) is 26.1. The minimum absolute atomic E-state index is 0.0825. The van der Waals surface area contributed by atoms with Crippen LogP contribution in [0.5, 0.6) is 5.88 Å². The maximum Gasteiger partial charge on any atom is 0.264 e. The molecule has 2 aromatic carbocycles. The zero-order valence-corrected chi connectivity index (χ0v) is 34.2. The van der Waals surface area contributed by atoms with Gasteiger partial charge in [-0.25, -0.2) is 23.1 Å². The summed E-state index contributed by atoms with van der Waals surface area (Å²) in [6.45, 7) is 15.6. The molecule has 55 heavy (non-hydrogen) atoms. The monoisotopic (exact) mass is 767 g/mol. The molecule has 292 valence electrons. The first-order valence-electron chi connectivity index (χ1n) is 19.0. The van der Waals surface area contributed by atoms with E-state index in [0.717, 1.165) is 52.0 Å². The number of hydrogen-bond donors (Lipinski definition) is 1. The second-order valence-corrected chi connectivity index (χ2v) is 17.3. The Morgan fingerprint density at radius 3 is 2.38 bits per heavy atom. The third-order valence-corrected chi connectivity index (χ3v) is 11.4. The van der Waals surface area contributed by atoms with Crippen LogP contribution in [0.2, 0.25) is 0 Å². The van der Waals surface area contributed by atoms with Crippen LogP contribution in [0, 0.1) is 5.92 Å². The van der Waals surface area contributed by atoms with E-state index in [9.17, 15) is 13.2 Å². The Hall–Kier alpha value is -4.88. The van der Waals surface area contributed by atoms with E-state index in [1.807, 2.05) is 13.1 Å². The van der Waals surface area contributed by atoms with Gasteiger partial charge in [0.1, 0.15) is 12.1 Å². The van der Waals surface area contributed by atoms with Crippen LogP contribution in [0.25, 0.3) is 22.4 Å². The maximum atomic E-state index is 14.7. The fraction of sp³-hybridized carbons (Fsp3) is 0.452. The van der Waals surface area contributed by atoms with Crippen LogP contribution >= 0.6 is 0 Å². The molecule has 1 amide bonds. The Bertz CT molecular complexity index is 2290. The predicted molar refractivity (Wildman–Crippen MR) is 215 cm³/mol. The molecule has 1 atom stereocenters. The van der Waals surface area contributed by atoms with Crippen molar-refractivity contribution in [3.63, 3.8) is 0 Å². The number of rotatable bonds is 10. The van der Waals surface area contributed by atoms with Gasteiger partial charge in [0, 0.05) is 48.0 Å². The normalized spacial score (nSPS) is 16.0. The zero-order chi connectivity index (χ0) is 39.7. The van der Waals surface area contributed by atoms with Gasteiger partial charge in [-0.1, -0.05) is 72.7 Å². The summed E-state index contributed by atoms with van der Waals surface area (Å²) in [6, 6.07) is 13.5. The Balaban J connectivity index is 1.49. The Morgan fingerprint density at radius 1 is 1.02 bits per heavy atom. The van der Waals surface area contributed by atoms with Crippen LogP contribution in [0.15, 0.2) is 59.6 Å². The number of carbonyl (C=O) groups is 1. The molecule has 0 spiro atoms. The summed E-state index contributed by atoms with van der Waals surface area (Å²) in [6.07, 6.45) is 4.54. The van der Waals surface area contributed by atoms with Crippen molar-refractivity contribution in [3.05, 3.63) is 88.4 Å². The van der Waals surface area contributed by atoms with Crippen molar-refractivity contribution in [2.45, 2.75) is 97.0 Å². The summed E-state index contributed by atoms with van der Waals surface area (Å²) < 4.78 is 44.4. The molecule has 3 aromatic heterocycles. The van der Waals surface area contributed by atoms with E-state index in [0.29, 0.717) is 30.8 Å². The van der Waals surface area contributed by atoms with Gasteiger partial charge in [-0.15, -0.1) is 0 Å². The molecule has 1 aliphatic heterocycles. The summed E-state index contributed by atoms with van der Waals surface area (Å²) in [4.78, 5) is 35.6. The van der Waals surface area contributed by atoms with Crippen molar-refractivity contribution in [1.29, 1.82) is 0 Å². The Labute approximate surface area is 324 Å². The molecule has 13 heteroatoms. The smallest absolute Gasteiger partial charge is 0.264 e. The van der Waals surface area contributed by atoms with E-state index in [4.69, 9.17) is 24.4 Å². The predicted octanol–water partition coefficient (Wildman–Crippen LogP) is 7.29. The number of methoxy groups -OCH3 is 1. The topological polar surface area (TPSA) is 141 Å². The Morgan fingerprint density at radius 2 is 1.73 bits per heavy atom. The molecule has 0 fully saturated rings. The molecular weight excluding hydrogens is 715 g/mol. The van der Waals surface area contributed by atoms with Gasteiger partial charge in [0.05, 0.1) is 41.7 Å². The van der Waals surface area contributed by atoms with Crippen molar-refractivity contribution in [2.75, 3.05) is 25.0 Å². The molecule has 12 nitrogen and oxygen atoms in total. The number of aromatic nitrogens is 5. The van der Waals surface area contributed by atoms with E-state index < -0.39 is 16.1 Å². The molecule has 4 heterocycles. The van der Waals surface area contributed by atoms with Crippen molar-refractivity contribution in [1.82, 2.24) is 29.4 Å². The average Bonchev–Trinajstić information content (AvgIpc) is 3.44. The number of nitrogens with zero attached hydrogens (tertiary/aromatic N) is 6. The second kappa shape index (κ2) is 16.1. The van der Waals surface area contributed by atoms with Gasteiger partial charge in [-0.2, -0.15) is 4.98 Å². The van der Waals surface area contributed by atoms with Gasteiger partial charge in [0.2, 0.25) is 11.8 Å². The fourth-order valence-corrected chi connectivity index (χ4v) is 8.68. The number of sulfonamides is 1. The van der Waals surface area contributed by atoms with Crippen molar-refractivity contribution in [3.8, 4) is 17.1 Å². The first-order valence-corrected chi connectivity index (χ1v) is 20.5. The van der Waals surface area contributed by atoms with E-state index in [1.54, 1.807) is 36.4 Å². The molecule has 6 rings (SSSR count). The minimum atomic E-state index is -4.21. The molecule has 1 aliphatic rings. The van der Waals surface area contributed by atoms with Crippen molar-refractivity contribution < 1.29 is 22.7 Å². The molecule has 0 saturated carbocycles. The highest BCUT2D eigenvalue weighted by Crippen LogP contribution is 2.34. The number of aryl methyl sites for hydroxylation is 3. The lowest BCUT2D eigenvalue weighted by Gasteiger charge is -2.33. The van der Waals surface area contributed by atoms with Crippen LogP contribution in [0.3, 0.4) is 0 Å². The lowest BCUT2D eigenvalue weighted by atomic mass is 9.88. The lowest BCUT2D eigenvalue weighted by molar-refractivity contribution is 0.0549. The van der Waals surface area contributed by atoms with Gasteiger partial charge >= 0.3 is 0 Å². The van der Waals surface area contributed by atoms with Gasteiger partial charge < -0.3 is 18.9 Å². The maximum absolute atomic E-state index is 14.7. The molecule has 1 N–H and O–H groups in total. The third kappa shape index (κ3) is 8.37. The summed E-state index contributed by atoms with van der Waals surface area (Å²) in [7, 11) is -0.511. The highest BCUT2D eigenvalue weighted by atomic mass is 32.2. The standard InChI is InChI=1S/C42H53N7O5S/c1-10-27-14-12-15-28(11-2)36(27)34-22-35-46-41(45-34)47-55(51,52)32-17-13-16-29(21-32)40(50)49(31(25-54-35)20-26(3)4)24-30-23-43-37-33(18-19-53-9)38(42(5,6)7)48(8)39(37)44-30/h12-17,21-23,26,31H,10-11,18-20,24-25H2,1-9H3,(H,45,46,47)/t31-/m1/s1. The minimum Gasteiger partial charge on any atom is -0.475 e. The van der Waals surface area contributed by atoms with E-state index in [2.05, 4.69) is 74.9 Å². The number of carbonyl (C=O) groups excluding carboxylic acids is 1. The Kier molecular flexibility index (Phi) is 11.6. The fourth-order valence-electron chi connectivity index (χ4n) is 7.69. The van der Waals surface area contributed by atoms with Crippen molar-refractivity contribution >= 4 is 33.0 Å². The number of anilines is 1. The van der Waals surface area contributed by atoms with E-state index in [1.165, 1.54) is 12.1 Å². The average molecular weight is 768 g/mol. The number of hydrogen-bond acceptors (Lipinski definition) is 9. The molecule has 0 radical (unpaired) electrons. The number of benzene rings is 2. The third-order valence-electron chi connectivity index (χ3n) is 10.1. The zero-order valence-electron chi connectivity index (χ0n) is 33.4. The molecule has 0 unspecified atom stereocenters. The van der Waals surface area contributed by atoms with Crippen LogP contribution in [-0.4, -0.2) is 70.1 Å². The number of ether oxygens (including phenoxy) is 2. The van der Waals surface area contributed by atoms with Gasteiger partial charge in [0.15, 0.2) is 5.65 Å². The van der Waals surface area contributed by atoms with Crippen LogP contribution in [-0.2, 0) is 53.0 Å². The number of amides is 1. The lowest BCUT2D eigenvalue weighted by Crippen LogP contribution is -2.44. The first kappa shape index (κ1) is 39.8. The van der Waals surface area contributed by atoms with Crippen LogP contribution in [0.4, 0.5) is 5.95 Å². The highest BCUT2D eigenvalue weighted by Gasteiger charge is 2.31. The van der Waals surface area contributed by atoms with Gasteiger partial charge in [-0.3, -0.25) is 9.78 Å². The largest absolute Gasteiger partial charge is 0.475 e. The SMILES string of the molecule is CCc1cccc(CC)c1-c1cc2nc(n1)NS(=O)(=O)c1cccc(c1)C(=O)N(Cc1cnc3c(CCOC)c(C(C)(C)C)n(C)c3n1)[C@H](CC(C)C)CO2. The molecule has 4 bridgehead atoms. The van der Waals surface area contributed by atoms with Crippen molar-refractivity contribution in [2.24, 2.45) is 13.0 Å². The van der Waals surface area contributed by atoms with Gasteiger partial charge in [0.25, 0.3) is 15.9 Å². The summed E-state index contributed by atoms with van der Waals surface area (Å²) in [5.74, 6) is -0.0731. The molecule has 0 saturated heterocycles. The summed E-state index contributed by atoms with van der Waals surface area (Å²) in [5.41, 5.74) is 8.04. The van der Waals surface area contributed by atoms with E-state index in [-0.39, 0.29) is 52.7 Å². The van der Waals surface area contributed by atoms with E-state index >= 15 is 0 Å². The van der Waals surface area contributed by atoms with Crippen LogP contribution < -0.4 is 9.46 Å². The highest BCUT2D eigenvalue weighted by molar-refractivity contribution is 7.92. The quantitative estimate of drug-likeness (QED) is 0.155. The molecule has 5 aromatic rings. The number of nitrogens with one attached hydrogen (secondary N) is 1. The van der Waals surface area contributed by atoms with Crippen LogP contribution in [0.1, 0.15) is 93.3 Å². The second-order valence-electron chi connectivity index (χ2n) is 15.6. The summed E-state index contributed by atoms with van der Waals surface area (Å²) >= 11 is 0.